The SMILES string of the molecule is CC1NCCC1c1nc2cc(Cl)ccc2n1C(C)C. The summed E-state index contributed by atoms with van der Waals surface area (Å²) in [4.78, 5) is 4.87. The van der Waals surface area contributed by atoms with Crippen LogP contribution in [0.5, 0.6) is 0 Å². The summed E-state index contributed by atoms with van der Waals surface area (Å²) in [5, 5.41) is 4.27. The van der Waals surface area contributed by atoms with Gasteiger partial charge >= 0.3 is 0 Å². The summed E-state index contributed by atoms with van der Waals surface area (Å²) >= 11 is 6.09. The van der Waals surface area contributed by atoms with E-state index in [9.17, 15) is 0 Å². The maximum Gasteiger partial charge on any atom is 0.114 e. The Balaban J connectivity index is 2.19. The smallest absolute Gasteiger partial charge is 0.114 e. The normalized spacial score (nSPS) is 23.6. The number of halogens is 1. The number of fused-ring (bicyclic) bond motifs is 1. The van der Waals surface area contributed by atoms with E-state index in [0.717, 1.165) is 23.5 Å². The number of benzene rings is 1. The molecule has 2 unspecified atom stereocenters. The third-order valence-electron chi connectivity index (χ3n) is 4.05. The zero-order valence-electron chi connectivity index (χ0n) is 11.7. The number of aromatic nitrogens is 2. The number of nitrogens with zero attached hydrogens (tertiary/aromatic N) is 2. The van der Waals surface area contributed by atoms with E-state index in [-0.39, 0.29) is 0 Å². The highest BCUT2D eigenvalue weighted by Gasteiger charge is 2.29. The molecule has 0 amide bonds. The molecule has 19 heavy (non-hydrogen) atoms. The molecule has 2 aromatic rings. The number of imidazole rings is 1. The van der Waals surface area contributed by atoms with Crippen LogP contribution in [0.1, 0.15) is 45.0 Å². The Bertz CT molecular complexity index is 603. The van der Waals surface area contributed by atoms with E-state index in [2.05, 4.69) is 36.7 Å². The Hall–Kier alpha value is -1.06. The van der Waals surface area contributed by atoms with Crippen molar-refractivity contribution < 1.29 is 0 Å². The molecular formula is C15H20ClN3. The van der Waals surface area contributed by atoms with E-state index in [1.807, 2.05) is 12.1 Å². The lowest BCUT2D eigenvalue weighted by Gasteiger charge is -2.19. The first kappa shape index (κ1) is 12.9. The maximum absolute atomic E-state index is 6.09. The third-order valence-corrected chi connectivity index (χ3v) is 4.29. The van der Waals surface area contributed by atoms with Crippen LogP contribution >= 0.6 is 11.6 Å². The molecule has 0 aliphatic carbocycles. The molecule has 2 atom stereocenters. The Morgan fingerprint density at radius 1 is 1.42 bits per heavy atom. The van der Waals surface area contributed by atoms with Gasteiger partial charge in [-0.15, -0.1) is 0 Å². The van der Waals surface area contributed by atoms with Gasteiger partial charge in [0.05, 0.1) is 11.0 Å². The molecule has 3 rings (SSSR count). The standard InChI is InChI=1S/C15H20ClN3/c1-9(2)19-14-5-4-11(16)8-13(14)18-15(19)12-6-7-17-10(12)3/h4-5,8-10,12,17H,6-7H2,1-3H3. The lowest BCUT2D eigenvalue weighted by molar-refractivity contribution is 0.507. The minimum Gasteiger partial charge on any atom is -0.325 e. The molecule has 102 valence electrons. The highest BCUT2D eigenvalue weighted by molar-refractivity contribution is 6.31. The Kier molecular flexibility index (Phi) is 3.27. The van der Waals surface area contributed by atoms with Crippen molar-refractivity contribution in [2.24, 2.45) is 0 Å². The van der Waals surface area contributed by atoms with E-state index in [0.29, 0.717) is 18.0 Å². The van der Waals surface area contributed by atoms with Crippen molar-refractivity contribution in [1.82, 2.24) is 14.9 Å². The number of nitrogens with one attached hydrogen (secondary N) is 1. The first-order chi connectivity index (χ1) is 9.08. The Morgan fingerprint density at radius 3 is 2.84 bits per heavy atom. The van der Waals surface area contributed by atoms with Crippen LogP contribution in [0.3, 0.4) is 0 Å². The summed E-state index contributed by atoms with van der Waals surface area (Å²) in [6.45, 7) is 7.75. The third kappa shape index (κ3) is 2.15. The van der Waals surface area contributed by atoms with Crippen LogP contribution in [0, 0.1) is 0 Å². The Morgan fingerprint density at radius 2 is 2.21 bits per heavy atom. The van der Waals surface area contributed by atoms with Gasteiger partial charge in [-0.2, -0.15) is 0 Å². The molecule has 0 bridgehead atoms. The van der Waals surface area contributed by atoms with Crippen LogP contribution in [-0.4, -0.2) is 22.1 Å². The van der Waals surface area contributed by atoms with Gasteiger partial charge in [0.2, 0.25) is 0 Å². The van der Waals surface area contributed by atoms with Crippen molar-refractivity contribution in [1.29, 1.82) is 0 Å². The molecule has 1 aromatic heterocycles. The summed E-state index contributed by atoms with van der Waals surface area (Å²) < 4.78 is 2.36. The second-order valence-electron chi connectivity index (χ2n) is 5.70. The van der Waals surface area contributed by atoms with Crippen LogP contribution < -0.4 is 5.32 Å². The monoisotopic (exact) mass is 277 g/mol. The Labute approximate surface area is 119 Å². The van der Waals surface area contributed by atoms with E-state index in [4.69, 9.17) is 16.6 Å². The fourth-order valence-corrected chi connectivity index (χ4v) is 3.27. The molecule has 0 saturated carbocycles. The van der Waals surface area contributed by atoms with Crippen molar-refractivity contribution in [2.75, 3.05) is 6.54 Å². The fourth-order valence-electron chi connectivity index (χ4n) is 3.11. The molecule has 1 fully saturated rings. The molecule has 1 aliphatic rings. The van der Waals surface area contributed by atoms with Gasteiger partial charge < -0.3 is 9.88 Å². The maximum atomic E-state index is 6.09. The lowest BCUT2D eigenvalue weighted by Crippen LogP contribution is -2.24. The molecule has 0 radical (unpaired) electrons. The molecule has 1 saturated heterocycles. The molecule has 3 nitrogen and oxygen atoms in total. The number of rotatable bonds is 2. The van der Waals surface area contributed by atoms with Gasteiger partial charge in [-0.1, -0.05) is 11.6 Å². The second kappa shape index (κ2) is 4.80. The van der Waals surface area contributed by atoms with Crippen molar-refractivity contribution in [3.8, 4) is 0 Å². The predicted molar refractivity (Wildman–Crippen MR) is 80.0 cm³/mol. The first-order valence-electron chi connectivity index (χ1n) is 6.98. The first-order valence-corrected chi connectivity index (χ1v) is 7.36. The van der Waals surface area contributed by atoms with E-state index >= 15 is 0 Å². The number of hydrogen-bond acceptors (Lipinski definition) is 2. The molecular weight excluding hydrogens is 258 g/mol. The molecule has 0 spiro atoms. The van der Waals surface area contributed by atoms with Crippen LogP contribution in [-0.2, 0) is 0 Å². The van der Waals surface area contributed by atoms with Gasteiger partial charge in [0.15, 0.2) is 0 Å². The molecule has 1 aromatic carbocycles. The van der Waals surface area contributed by atoms with Crippen LogP contribution in [0.2, 0.25) is 5.02 Å². The zero-order valence-corrected chi connectivity index (χ0v) is 12.4. The molecule has 2 heterocycles. The molecule has 1 aliphatic heterocycles. The summed E-state index contributed by atoms with van der Waals surface area (Å²) in [5.41, 5.74) is 2.20. The van der Waals surface area contributed by atoms with Crippen molar-refractivity contribution in [3.63, 3.8) is 0 Å². The highest BCUT2D eigenvalue weighted by Crippen LogP contribution is 2.32. The van der Waals surface area contributed by atoms with Crippen LogP contribution in [0.15, 0.2) is 18.2 Å². The summed E-state index contributed by atoms with van der Waals surface area (Å²) in [6, 6.07) is 6.90. The highest BCUT2D eigenvalue weighted by atomic mass is 35.5. The molecule has 4 heteroatoms. The van der Waals surface area contributed by atoms with Crippen LogP contribution in [0.4, 0.5) is 0 Å². The van der Waals surface area contributed by atoms with Gasteiger partial charge in [-0.05, 0) is 51.9 Å². The average molecular weight is 278 g/mol. The largest absolute Gasteiger partial charge is 0.325 e. The van der Waals surface area contributed by atoms with Crippen LogP contribution in [0.25, 0.3) is 11.0 Å². The van der Waals surface area contributed by atoms with Gasteiger partial charge in [0, 0.05) is 23.0 Å². The van der Waals surface area contributed by atoms with E-state index in [1.165, 1.54) is 11.3 Å². The minimum absolute atomic E-state index is 0.411. The quantitative estimate of drug-likeness (QED) is 0.906. The topological polar surface area (TPSA) is 29.9 Å². The summed E-state index contributed by atoms with van der Waals surface area (Å²) in [5.74, 6) is 1.69. The number of hydrogen-bond donors (Lipinski definition) is 1. The fraction of sp³-hybridized carbons (Fsp3) is 0.533. The average Bonchev–Trinajstić information content (AvgIpc) is 2.91. The van der Waals surface area contributed by atoms with E-state index in [1.54, 1.807) is 0 Å². The van der Waals surface area contributed by atoms with Crippen molar-refractivity contribution in [3.05, 3.63) is 29.0 Å². The van der Waals surface area contributed by atoms with Gasteiger partial charge in [0.1, 0.15) is 5.82 Å². The van der Waals surface area contributed by atoms with Gasteiger partial charge in [0.25, 0.3) is 0 Å². The zero-order chi connectivity index (χ0) is 13.6. The summed E-state index contributed by atoms with van der Waals surface area (Å²) in [7, 11) is 0. The van der Waals surface area contributed by atoms with Gasteiger partial charge in [-0.3, -0.25) is 0 Å². The predicted octanol–water partition coefficient (Wildman–Crippen LogP) is 3.74. The summed E-state index contributed by atoms with van der Waals surface area (Å²) in [6.07, 6.45) is 1.16. The second-order valence-corrected chi connectivity index (χ2v) is 6.14. The lowest BCUT2D eigenvalue weighted by atomic mass is 10.0. The van der Waals surface area contributed by atoms with Crippen molar-refractivity contribution in [2.45, 2.75) is 45.2 Å². The van der Waals surface area contributed by atoms with Gasteiger partial charge in [-0.25, -0.2) is 4.98 Å². The van der Waals surface area contributed by atoms with Crippen molar-refractivity contribution >= 4 is 22.6 Å². The molecule has 1 N–H and O–H groups in total. The minimum atomic E-state index is 0.411. The van der Waals surface area contributed by atoms with E-state index < -0.39 is 0 Å².